The SMILES string of the molecule is c1ccc(N(c2ccc3ccc4c(N(c5ccccc5)c5cccc6c5oc5c(C7CC7)cc7ccccc7c56)ccc5ccc2c3c54)c2cccc3c2oc2c(C4CC4)cc4ccccc4c23)cc1. The fourth-order valence-electron chi connectivity index (χ4n) is 12.2. The highest BCUT2D eigenvalue weighted by atomic mass is 16.3. The maximum atomic E-state index is 7.24. The first-order valence-electron chi connectivity index (χ1n) is 24.9. The molecule has 16 rings (SSSR count). The molecule has 0 spiro atoms. The van der Waals surface area contributed by atoms with Gasteiger partial charge in [0.15, 0.2) is 11.2 Å². The van der Waals surface area contributed by atoms with Crippen LogP contribution in [0.2, 0.25) is 0 Å². The zero-order chi connectivity index (χ0) is 45.6. The van der Waals surface area contributed by atoms with Crippen molar-refractivity contribution in [3.05, 3.63) is 217 Å². The van der Waals surface area contributed by atoms with Gasteiger partial charge in [-0.05, 0) is 152 Å². The molecule has 0 amide bonds. The molecule has 2 heterocycles. The quantitative estimate of drug-likeness (QED) is 0.142. The van der Waals surface area contributed by atoms with Gasteiger partial charge in [-0.25, -0.2) is 0 Å². The number of hydrogen-bond donors (Lipinski definition) is 0. The molecule has 0 atom stereocenters. The zero-order valence-corrected chi connectivity index (χ0v) is 38.3. The largest absolute Gasteiger partial charge is 0.454 e. The van der Waals surface area contributed by atoms with E-state index in [2.05, 4.69) is 216 Å². The molecule has 12 aromatic carbocycles. The van der Waals surface area contributed by atoms with Crippen molar-refractivity contribution >= 4 is 132 Å². The molecule has 2 aliphatic rings. The van der Waals surface area contributed by atoms with Gasteiger partial charge in [0.05, 0.1) is 22.7 Å². The van der Waals surface area contributed by atoms with Crippen molar-refractivity contribution in [1.29, 1.82) is 0 Å². The topological polar surface area (TPSA) is 32.8 Å². The van der Waals surface area contributed by atoms with Crippen LogP contribution in [0.5, 0.6) is 0 Å². The van der Waals surface area contributed by atoms with Crippen molar-refractivity contribution in [2.45, 2.75) is 37.5 Å². The Labute approximate surface area is 403 Å². The summed E-state index contributed by atoms with van der Waals surface area (Å²) in [7, 11) is 0. The van der Waals surface area contributed by atoms with E-state index in [9.17, 15) is 0 Å². The van der Waals surface area contributed by atoms with E-state index in [1.807, 2.05) is 0 Å². The van der Waals surface area contributed by atoms with Crippen LogP contribution in [0.25, 0.3) is 97.7 Å². The molecule has 2 saturated carbocycles. The standard InChI is InChI=1S/C66H44N2O2/c1-3-15-45(16-4-1)67(57-23-11-21-51-61-47-19-9-7-13-43(47)37-53(39-25-26-39)65(61)69-63(51)57)55-35-31-41-30-34-50-56(36-32-42-29-33-49(55)59(41)60(42)50)68(46-17-5-2-6-18-46)58-24-12-22-52-62-48-20-10-8-14-44(48)38-54(40-27-28-40)66(62)70-64(52)58/h1-24,29-40H,25-28H2. The summed E-state index contributed by atoms with van der Waals surface area (Å²) in [5, 5.41) is 17.0. The molecule has 0 radical (unpaired) electrons. The molecule has 330 valence electrons. The van der Waals surface area contributed by atoms with Gasteiger partial charge >= 0.3 is 0 Å². The third kappa shape index (κ3) is 5.53. The lowest BCUT2D eigenvalue weighted by Crippen LogP contribution is -2.11. The molecule has 14 aromatic rings. The Balaban J connectivity index is 0.942. The van der Waals surface area contributed by atoms with Crippen LogP contribution < -0.4 is 9.80 Å². The molecule has 70 heavy (non-hydrogen) atoms. The molecule has 4 nitrogen and oxygen atoms in total. The van der Waals surface area contributed by atoms with E-state index in [1.54, 1.807) is 0 Å². The predicted molar refractivity (Wildman–Crippen MR) is 293 cm³/mol. The van der Waals surface area contributed by atoms with Crippen LogP contribution in [0.4, 0.5) is 34.1 Å². The summed E-state index contributed by atoms with van der Waals surface area (Å²) in [6.07, 6.45) is 4.81. The Kier molecular flexibility index (Phi) is 7.93. The summed E-state index contributed by atoms with van der Waals surface area (Å²) in [6.45, 7) is 0. The van der Waals surface area contributed by atoms with Crippen molar-refractivity contribution in [1.82, 2.24) is 0 Å². The van der Waals surface area contributed by atoms with Gasteiger partial charge in [0.25, 0.3) is 0 Å². The molecular formula is C66H44N2O2. The van der Waals surface area contributed by atoms with Gasteiger partial charge in [-0.15, -0.1) is 0 Å². The van der Waals surface area contributed by atoms with E-state index in [1.165, 1.54) is 101 Å². The van der Waals surface area contributed by atoms with E-state index < -0.39 is 0 Å². The smallest absolute Gasteiger partial charge is 0.159 e. The molecule has 2 aromatic heterocycles. The number of benzene rings is 12. The predicted octanol–water partition coefficient (Wildman–Crippen LogP) is 19.4. The Morgan fingerprint density at radius 3 is 1.13 bits per heavy atom. The third-order valence-corrected chi connectivity index (χ3v) is 15.6. The molecular weight excluding hydrogens is 853 g/mol. The van der Waals surface area contributed by atoms with Crippen molar-refractivity contribution < 1.29 is 8.83 Å². The number of hydrogen-bond acceptors (Lipinski definition) is 4. The van der Waals surface area contributed by atoms with Crippen molar-refractivity contribution in [2.75, 3.05) is 9.80 Å². The van der Waals surface area contributed by atoms with Gasteiger partial charge in [-0.3, -0.25) is 0 Å². The van der Waals surface area contributed by atoms with Gasteiger partial charge in [0.1, 0.15) is 11.2 Å². The Bertz CT molecular complexity index is 4160. The Morgan fingerprint density at radius 1 is 0.286 bits per heavy atom. The van der Waals surface area contributed by atoms with E-state index in [0.717, 1.165) is 67.2 Å². The average molecular weight is 897 g/mol. The van der Waals surface area contributed by atoms with Gasteiger partial charge < -0.3 is 18.6 Å². The summed E-state index contributed by atoms with van der Waals surface area (Å²) in [4.78, 5) is 4.85. The molecule has 0 aliphatic heterocycles. The summed E-state index contributed by atoms with van der Waals surface area (Å²) in [6, 6.07) is 75.9. The normalized spacial score (nSPS) is 14.2. The Morgan fingerprint density at radius 2 is 0.686 bits per heavy atom. The first kappa shape index (κ1) is 38.4. The molecule has 2 fully saturated rings. The van der Waals surface area contributed by atoms with Crippen molar-refractivity contribution in [3.63, 3.8) is 0 Å². The van der Waals surface area contributed by atoms with Crippen LogP contribution in [0, 0.1) is 0 Å². The van der Waals surface area contributed by atoms with Crippen LogP contribution in [0.1, 0.15) is 48.6 Å². The maximum Gasteiger partial charge on any atom is 0.159 e. The fraction of sp³-hybridized carbons (Fsp3) is 0.0909. The molecule has 0 N–H and O–H groups in total. The van der Waals surface area contributed by atoms with Crippen LogP contribution in [0.3, 0.4) is 0 Å². The van der Waals surface area contributed by atoms with E-state index in [4.69, 9.17) is 8.83 Å². The number of anilines is 6. The zero-order valence-electron chi connectivity index (χ0n) is 38.3. The highest BCUT2D eigenvalue weighted by Gasteiger charge is 2.32. The summed E-state index contributed by atoms with van der Waals surface area (Å²) < 4.78 is 14.5. The van der Waals surface area contributed by atoms with Crippen molar-refractivity contribution in [3.8, 4) is 0 Å². The average Bonchev–Trinajstić information content (AvgIpc) is 4.36. The second kappa shape index (κ2) is 14.5. The van der Waals surface area contributed by atoms with Crippen LogP contribution in [-0.2, 0) is 0 Å². The van der Waals surface area contributed by atoms with Crippen molar-refractivity contribution in [2.24, 2.45) is 0 Å². The Hall–Kier alpha value is -8.60. The number of nitrogens with zero attached hydrogens (tertiary/aromatic N) is 2. The highest BCUT2D eigenvalue weighted by Crippen LogP contribution is 2.54. The van der Waals surface area contributed by atoms with Crippen LogP contribution in [0.15, 0.2) is 215 Å². The molecule has 4 heteroatoms. The van der Waals surface area contributed by atoms with E-state index in [0.29, 0.717) is 11.8 Å². The minimum absolute atomic E-state index is 0.536. The fourth-order valence-corrected chi connectivity index (χ4v) is 12.2. The molecule has 2 aliphatic carbocycles. The minimum Gasteiger partial charge on any atom is -0.454 e. The van der Waals surface area contributed by atoms with E-state index >= 15 is 0 Å². The molecule has 0 unspecified atom stereocenters. The van der Waals surface area contributed by atoms with E-state index in [-0.39, 0.29) is 0 Å². The lowest BCUT2D eigenvalue weighted by atomic mass is 9.91. The number of fused-ring (bicyclic) bond motifs is 10. The maximum absolute atomic E-state index is 7.24. The number of rotatable bonds is 8. The van der Waals surface area contributed by atoms with Gasteiger partial charge in [-0.2, -0.15) is 0 Å². The lowest BCUT2D eigenvalue weighted by Gasteiger charge is -2.29. The monoisotopic (exact) mass is 896 g/mol. The lowest BCUT2D eigenvalue weighted by molar-refractivity contribution is 0.663. The number of para-hydroxylation sites is 4. The highest BCUT2D eigenvalue weighted by molar-refractivity contribution is 6.29. The van der Waals surface area contributed by atoms with Gasteiger partial charge in [0.2, 0.25) is 0 Å². The second-order valence-electron chi connectivity index (χ2n) is 19.8. The summed E-state index contributed by atoms with van der Waals surface area (Å²) in [5.74, 6) is 1.07. The van der Waals surface area contributed by atoms with Gasteiger partial charge in [-0.1, -0.05) is 146 Å². The first-order valence-corrected chi connectivity index (χ1v) is 24.9. The second-order valence-corrected chi connectivity index (χ2v) is 19.8. The number of furan rings is 2. The van der Waals surface area contributed by atoms with Crippen LogP contribution in [-0.4, -0.2) is 0 Å². The molecule has 0 bridgehead atoms. The minimum atomic E-state index is 0.536. The van der Waals surface area contributed by atoms with Crippen LogP contribution >= 0.6 is 0 Å². The van der Waals surface area contributed by atoms with Gasteiger partial charge in [0, 0.05) is 43.7 Å². The first-order chi connectivity index (χ1) is 34.7. The third-order valence-electron chi connectivity index (χ3n) is 15.6. The molecule has 0 saturated heterocycles. The summed E-state index contributed by atoms with van der Waals surface area (Å²) in [5.41, 5.74) is 12.9. The summed E-state index contributed by atoms with van der Waals surface area (Å²) >= 11 is 0.